The molecule has 0 fully saturated rings. The highest BCUT2D eigenvalue weighted by atomic mass is 28.3. The molecule has 0 atom stereocenters. The van der Waals surface area contributed by atoms with Gasteiger partial charge in [-0.15, -0.1) is 0 Å². The van der Waals surface area contributed by atoms with Crippen LogP contribution in [0.25, 0.3) is 11.0 Å². The predicted octanol–water partition coefficient (Wildman–Crippen LogP) is 3.51. The molecule has 0 aliphatic carbocycles. The largest absolute Gasteiger partial charge is 0.362 e. The van der Waals surface area contributed by atoms with Gasteiger partial charge in [-0.05, 0) is 24.1 Å². The molecule has 7 nitrogen and oxygen atoms in total. The Labute approximate surface area is 166 Å². The summed E-state index contributed by atoms with van der Waals surface area (Å²) in [5, 5.41) is 10.3. The third-order valence-corrected chi connectivity index (χ3v) is 6.95. The number of rotatable bonds is 6. The van der Waals surface area contributed by atoms with E-state index in [0.29, 0.717) is 6.73 Å². The normalized spacial score (nSPS) is 14.3. The van der Waals surface area contributed by atoms with Crippen LogP contribution in [0.4, 0.5) is 5.82 Å². The number of nitrogens with zero attached hydrogens (tertiary/aromatic N) is 5. The molecule has 0 spiro atoms. The second kappa shape index (κ2) is 7.41. The summed E-state index contributed by atoms with van der Waals surface area (Å²) in [5.41, 5.74) is 3.89. The van der Waals surface area contributed by atoms with Gasteiger partial charge < -0.3 is 19.2 Å². The summed E-state index contributed by atoms with van der Waals surface area (Å²) in [6, 6.07) is 5.49. The summed E-state index contributed by atoms with van der Waals surface area (Å²) < 4.78 is 7.94. The molecule has 0 radical (unpaired) electrons. The topological polar surface area (TPSA) is 82.8 Å². The minimum absolute atomic E-state index is 0.511. The number of aromatic amines is 1. The van der Waals surface area contributed by atoms with Crippen LogP contribution in [0.1, 0.15) is 16.8 Å². The van der Waals surface area contributed by atoms with Crippen molar-refractivity contribution in [2.75, 3.05) is 18.1 Å². The van der Waals surface area contributed by atoms with Gasteiger partial charge in [0.05, 0.1) is 17.5 Å². The third kappa shape index (κ3) is 3.68. The van der Waals surface area contributed by atoms with Gasteiger partial charge in [-0.3, -0.25) is 0 Å². The van der Waals surface area contributed by atoms with E-state index >= 15 is 0 Å². The van der Waals surface area contributed by atoms with Gasteiger partial charge in [0.1, 0.15) is 30.6 Å². The van der Waals surface area contributed by atoms with Crippen LogP contribution in [0, 0.1) is 11.3 Å². The molecule has 1 aliphatic heterocycles. The summed E-state index contributed by atoms with van der Waals surface area (Å²) >= 11 is 0. The molecule has 4 heterocycles. The van der Waals surface area contributed by atoms with Crippen LogP contribution in [0.2, 0.25) is 25.7 Å². The van der Waals surface area contributed by atoms with E-state index in [1.807, 2.05) is 10.8 Å². The van der Waals surface area contributed by atoms with Crippen LogP contribution in [0.5, 0.6) is 0 Å². The second-order valence-corrected chi connectivity index (χ2v) is 14.1. The maximum Gasteiger partial charge on any atom is 0.147 e. The van der Waals surface area contributed by atoms with E-state index in [-0.39, 0.29) is 0 Å². The van der Waals surface area contributed by atoms with Crippen molar-refractivity contribution in [1.29, 1.82) is 5.26 Å². The quantitative estimate of drug-likeness (QED) is 0.511. The first kappa shape index (κ1) is 18.7. The molecule has 4 rings (SSSR count). The molecule has 8 heteroatoms. The van der Waals surface area contributed by atoms with Crippen LogP contribution >= 0.6 is 0 Å². The molecule has 0 saturated heterocycles. The van der Waals surface area contributed by atoms with Crippen molar-refractivity contribution >= 4 is 24.9 Å². The molecule has 0 saturated carbocycles. The van der Waals surface area contributed by atoms with Gasteiger partial charge in [-0.2, -0.15) is 5.26 Å². The fourth-order valence-corrected chi connectivity index (χ4v) is 4.36. The number of ether oxygens (including phenoxy) is 1. The van der Waals surface area contributed by atoms with Crippen molar-refractivity contribution in [1.82, 2.24) is 19.5 Å². The fourth-order valence-electron chi connectivity index (χ4n) is 3.61. The van der Waals surface area contributed by atoms with Crippen LogP contribution in [0.3, 0.4) is 0 Å². The van der Waals surface area contributed by atoms with Gasteiger partial charge in [-0.25, -0.2) is 9.97 Å². The lowest BCUT2D eigenvalue weighted by molar-refractivity contribution is 0.0899. The SMILES string of the molecule is C[Si](C)(C)CCOCn1ccc2c(N3CCc4c(C#N)c[nH]c4C3)ncnc21. The van der Waals surface area contributed by atoms with E-state index in [2.05, 4.69) is 51.6 Å². The summed E-state index contributed by atoms with van der Waals surface area (Å²) in [6.45, 7) is 9.93. The molecule has 28 heavy (non-hydrogen) atoms. The number of aromatic nitrogens is 4. The maximum absolute atomic E-state index is 9.23. The van der Waals surface area contributed by atoms with E-state index in [1.165, 1.54) is 0 Å². The predicted molar refractivity (Wildman–Crippen MR) is 112 cm³/mol. The molecule has 0 amide bonds. The lowest BCUT2D eigenvalue weighted by atomic mass is 10.0. The molecule has 1 N–H and O–H groups in total. The van der Waals surface area contributed by atoms with E-state index in [0.717, 1.165) is 65.8 Å². The van der Waals surface area contributed by atoms with E-state index < -0.39 is 8.07 Å². The summed E-state index contributed by atoms with van der Waals surface area (Å²) in [6.07, 6.45) is 6.29. The van der Waals surface area contributed by atoms with Crippen molar-refractivity contribution in [2.45, 2.75) is 45.4 Å². The minimum Gasteiger partial charge on any atom is -0.362 e. The number of hydrogen-bond donors (Lipinski definition) is 1. The molecule has 3 aromatic heterocycles. The smallest absolute Gasteiger partial charge is 0.147 e. The van der Waals surface area contributed by atoms with Crippen molar-refractivity contribution < 1.29 is 4.74 Å². The number of fused-ring (bicyclic) bond motifs is 2. The monoisotopic (exact) mass is 394 g/mol. The standard InChI is InChI=1S/C20H26N6OSi/c1-28(2,3)9-8-27-14-26-7-5-17-19(23-13-24-20(17)26)25-6-4-16-15(10-21)11-22-18(16)12-25/h5,7,11,13,22H,4,6,8-9,12,14H2,1-3H3. The van der Waals surface area contributed by atoms with Crippen molar-refractivity contribution in [2.24, 2.45) is 0 Å². The van der Waals surface area contributed by atoms with E-state index in [9.17, 15) is 5.26 Å². The molecule has 3 aromatic rings. The molecule has 0 unspecified atom stereocenters. The highest BCUT2D eigenvalue weighted by Gasteiger charge is 2.23. The molecule has 0 aromatic carbocycles. The van der Waals surface area contributed by atoms with Gasteiger partial charge in [0.2, 0.25) is 0 Å². The highest BCUT2D eigenvalue weighted by molar-refractivity contribution is 6.76. The Hall–Kier alpha value is -2.63. The number of hydrogen-bond acceptors (Lipinski definition) is 5. The van der Waals surface area contributed by atoms with Gasteiger partial charge >= 0.3 is 0 Å². The Kier molecular flexibility index (Phi) is 4.95. The Morgan fingerprint density at radius 2 is 2.18 bits per heavy atom. The molecule has 0 bridgehead atoms. The number of H-pyrrole nitrogens is 1. The first-order chi connectivity index (χ1) is 13.5. The Balaban J connectivity index is 1.52. The van der Waals surface area contributed by atoms with Crippen molar-refractivity contribution in [3.63, 3.8) is 0 Å². The van der Waals surface area contributed by atoms with E-state index in [1.54, 1.807) is 12.5 Å². The molecular weight excluding hydrogens is 368 g/mol. The summed E-state index contributed by atoms with van der Waals surface area (Å²) in [5.74, 6) is 0.935. The van der Waals surface area contributed by atoms with Gasteiger partial charge in [0, 0.05) is 39.3 Å². The first-order valence-electron chi connectivity index (χ1n) is 9.68. The average molecular weight is 395 g/mol. The highest BCUT2D eigenvalue weighted by Crippen LogP contribution is 2.29. The van der Waals surface area contributed by atoms with Crippen LogP contribution in [-0.2, 0) is 24.4 Å². The number of nitrogens with one attached hydrogen (secondary N) is 1. The zero-order valence-corrected chi connectivity index (χ0v) is 17.7. The Bertz CT molecular complexity index is 1030. The molecule has 1 aliphatic rings. The van der Waals surface area contributed by atoms with Crippen molar-refractivity contribution in [3.05, 3.63) is 41.6 Å². The zero-order chi connectivity index (χ0) is 19.7. The average Bonchev–Trinajstić information content (AvgIpc) is 3.27. The van der Waals surface area contributed by atoms with E-state index in [4.69, 9.17) is 4.74 Å². The van der Waals surface area contributed by atoms with Crippen molar-refractivity contribution in [3.8, 4) is 6.07 Å². The number of nitriles is 1. The lowest BCUT2D eigenvalue weighted by Gasteiger charge is -2.28. The zero-order valence-electron chi connectivity index (χ0n) is 16.7. The molecular formula is C20H26N6OSi. The minimum atomic E-state index is -1.08. The fraction of sp³-hybridized carbons (Fsp3) is 0.450. The van der Waals surface area contributed by atoms with Crippen LogP contribution in [-0.4, -0.2) is 40.7 Å². The van der Waals surface area contributed by atoms with Crippen LogP contribution in [0.15, 0.2) is 24.8 Å². The first-order valence-corrected chi connectivity index (χ1v) is 13.4. The lowest BCUT2D eigenvalue weighted by Crippen LogP contribution is -2.31. The maximum atomic E-state index is 9.23. The Morgan fingerprint density at radius 1 is 1.32 bits per heavy atom. The third-order valence-electron chi connectivity index (χ3n) is 5.24. The van der Waals surface area contributed by atoms with Crippen LogP contribution < -0.4 is 4.90 Å². The molecule has 146 valence electrons. The Morgan fingerprint density at radius 3 is 2.96 bits per heavy atom. The number of anilines is 1. The second-order valence-electron chi connectivity index (χ2n) is 8.51. The summed E-state index contributed by atoms with van der Waals surface area (Å²) in [7, 11) is -1.08. The van der Waals surface area contributed by atoms with Gasteiger partial charge in [0.25, 0.3) is 0 Å². The summed E-state index contributed by atoms with van der Waals surface area (Å²) in [4.78, 5) is 14.5. The van der Waals surface area contributed by atoms with Gasteiger partial charge in [0.15, 0.2) is 0 Å². The van der Waals surface area contributed by atoms with Gasteiger partial charge in [-0.1, -0.05) is 19.6 Å².